The molecule has 0 saturated heterocycles. The SMILES string of the molecule is Clc1cc2c(cc1C(Cl)c1ccccc1I)OCCCO2. The molecule has 1 aliphatic heterocycles. The van der Waals surface area contributed by atoms with Crippen molar-refractivity contribution in [1.29, 1.82) is 0 Å². The number of hydrogen-bond acceptors (Lipinski definition) is 2. The monoisotopic (exact) mass is 434 g/mol. The number of ether oxygens (including phenoxy) is 2. The van der Waals surface area contributed by atoms with Gasteiger partial charge in [-0.25, -0.2) is 0 Å². The van der Waals surface area contributed by atoms with E-state index in [0.29, 0.717) is 29.7 Å². The van der Waals surface area contributed by atoms with Crippen LogP contribution in [0.2, 0.25) is 5.02 Å². The number of alkyl halides is 1. The standard InChI is InChI=1S/C16H13Cl2IO2/c17-12-9-15-14(20-6-3-7-21-15)8-11(12)16(18)10-4-1-2-5-13(10)19/h1-2,4-5,8-9,16H,3,6-7H2. The third-order valence-corrected chi connectivity index (χ3v) is 5.10. The van der Waals surface area contributed by atoms with E-state index in [4.69, 9.17) is 32.7 Å². The van der Waals surface area contributed by atoms with Crippen molar-refractivity contribution in [2.24, 2.45) is 0 Å². The molecular formula is C16H13Cl2IO2. The Morgan fingerprint density at radius 2 is 1.67 bits per heavy atom. The summed E-state index contributed by atoms with van der Waals surface area (Å²) in [6, 6.07) is 11.7. The van der Waals surface area contributed by atoms with Crippen LogP contribution in [0.1, 0.15) is 22.9 Å². The fourth-order valence-electron chi connectivity index (χ4n) is 2.24. The van der Waals surface area contributed by atoms with Crippen molar-refractivity contribution in [2.45, 2.75) is 11.8 Å². The van der Waals surface area contributed by atoms with Gasteiger partial charge in [-0.2, -0.15) is 0 Å². The smallest absolute Gasteiger partial charge is 0.162 e. The maximum Gasteiger partial charge on any atom is 0.162 e. The molecule has 110 valence electrons. The Morgan fingerprint density at radius 1 is 1.00 bits per heavy atom. The molecule has 2 aromatic carbocycles. The molecule has 0 bridgehead atoms. The average molecular weight is 435 g/mol. The van der Waals surface area contributed by atoms with Gasteiger partial charge < -0.3 is 9.47 Å². The summed E-state index contributed by atoms with van der Waals surface area (Å²) in [5, 5.41) is 0.279. The maximum atomic E-state index is 6.64. The molecule has 21 heavy (non-hydrogen) atoms. The fourth-order valence-corrected chi connectivity index (χ4v) is 3.81. The Labute approximate surface area is 147 Å². The number of hydrogen-bond donors (Lipinski definition) is 0. The molecule has 0 amide bonds. The summed E-state index contributed by atoms with van der Waals surface area (Å²) < 4.78 is 12.5. The first-order valence-electron chi connectivity index (χ1n) is 6.64. The molecule has 1 heterocycles. The van der Waals surface area contributed by atoms with E-state index in [1.807, 2.05) is 30.3 Å². The minimum absolute atomic E-state index is 0.317. The summed E-state index contributed by atoms with van der Waals surface area (Å²) in [5.74, 6) is 1.40. The largest absolute Gasteiger partial charge is 0.490 e. The van der Waals surface area contributed by atoms with Gasteiger partial charge in [-0.1, -0.05) is 29.8 Å². The summed E-state index contributed by atoms with van der Waals surface area (Å²) in [7, 11) is 0. The lowest BCUT2D eigenvalue weighted by molar-refractivity contribution is 0.297. The molecule has 1 unspecified atom stereocenters. The molecular weight excluding hydrogens is 422 g/mol. The Balaban J connectivity index is 2.02. The third-order valence-electron chi connectivity index (χ3n) is 3.32. The Hall–Kier alpha value is -0.650. The van der Waals surface area contributed by atoms with E-state index < -0.39 is 0 Å². The summed E-state index contributed by atoms with van der Waals surface area (Å²) in [6.07, 6.45) is 0.864. The first kappa shape index (κ1) is 15.3. The van der Waals surface area contributed by atoms with Crippen LogP contribution in [0.15, 0.2) is 36.4 Å². The molecule has 0 radical (unpaired) electrons. The lowest BCUT2D eigenvalue weighted by Gasteiger charge is -2.16. The maximum absolute atomic E-state index is 6.64. The zero-order valence-corrected chi connectivity index (χ0v) is 14.8. The molecule has 0 saturated carbocycles. The van der Waals surface area contributed by atoms with Crippen LogP contribution in [0.3, 0.4) is 0 Å². The highest BCUT2D eigenvalue weighted by Crippen LogP contribution is 2.42. The second-order valence-electron chi connectivity index (χ2n) is 4.76. The molecule has 3 rings (SSSR count). The highest BCUT2D eigenvalue weighted by Gasteiger charge is 2.21. The van der Waals surface area contributed by atoms with Crippen molar-refractivity contribution in [3.8, 4) is 11.5 Å². The number of halogens is 3. The topological polar surface area (TPSA) is 18.5 Å². The predicted octanol–water partition coefficient (Wildman–Crippen LogP) is 5.43. The van der Waals surface area contributed by atoms with Crippen LogP contribution in [0.25, 0.3) is 0 Å². The molecule has 1 aliphatic rings. The van der Waals surface area contributed by atoms with E-state index in [2.05, 4.69) is 22.6 Å². The van der Waals surface area contributed by atoms with Crippen LogP contribution in [0.4, 0.5) is 0 Å². The number of benzene rings is 2. The van der Waals surface area contributed by atoms with Gasteiger partial charge in [0, 0.05) is 21.1 Å². The molecule has 5 heteroatoms. The van der Waals surface area contributed by atoms with Gasteiger partial charge in [-0.3, -0.25) is 0 Å². The molecule has 0 aliphatic carbocycles. The Bertz CT molecular complexity index is 661. The van der Waals surface area contributed by atoms with E-state index in [-0.39, 0.29) is 5.38 Å². The molecule has 0 N–H and O–H groups in total. The Kier molecular flexibility index (Phi) is 4.82. The first-order valence-corrected chi connectivity index (χ1v) is 8.53. The third kappa shape index (κ3) is 3.25. The minimum Gasteiger partial charge on any atom is -0.490 e. The van der Waals surface area contributed by atoms with Crippen molar-refractivity contribution >= 4 is 45.8 Å². The van der Waals surface area contributed by atoms with Gasteiger partial charge in [0.2, 0.25) is 0 Å². The molecule has 1 atom stereocenters. The van der Waals surface area contributed by atoms with Crippen molar-refractivity contribution in [3.63, 3.8) is 0 Å². The number of fused-ring (bicyclic) bond motifs is 1. The van der Waals surface area contributed by atoms with Gasteiger partial charge >= 0.3 is 0 Å². The van der Waals surface area contributed by atoms with Gasteiger partial charge in [0.1, 0.15) is 0 Å². The van der Waals surface area contributed by atoms with Crippen molar-refractivity contribution in [2.75, 3.05) is 13.2 Å². The average Bonchev–Trinajstić information content (AvgIpc) is 2.71. The zero-order valence-electron chi connectivity index (χ0n) is 11.1. The van der Waals surface area contributed by atoms with Gasteiger partial charge in [-0.15, -0.1) is 11.6 Å². The molecule has 0 aromatic heterocycles. The fraction of sp³-hybridized carbons (Fsp3) is 0.250. The van der Waals surface area contributed by atoms with E-state index in [9.17, 15) is 0 Å². The summed E-state index contributed by atoms with van der Waals surface area (Å²) >= 11 is 15.3. The van der Waals surface area contributed by atoms with Gasteiger partial charge in [-0.05, 0) is 45.9 Å². The second-order valence-corrected chi connectivity index (χ2v) is 6.76. The second kappa shape index (κ2) is 6.63. The Morgan fingerprint density at radius 3 is 2.38 bits per heavy atom. The van der Waals surface area contributed by atoms with Crippen LogP contribution in [-0.4, -0.2) is 13.2 Å². The summed E-state index contributed by atoms with van der Waals surface area (Å²) in [5.41, 5.74) is 1.88. The minimum atomic E-state index is -0.317. The molecule has 2 aromatic rings. The van der Waals surface area contributed by atoms with E-state index in [1.165, 1.54) is 0 Å². The van der Waals surface area contributed by atoms with Crippen molar-refractivity contribution in [1.82, 2.24) is 0 Å². The quantitative estimate of drug-likeness (QED) is 0.463. The first-order chi connectivity index (χ1) is 10.2. The van der Waals surface area contributed by atoms with Crippen molar-refractivity contribution in [3.05, 3.63) is 56.1 Å². The van der Waals surface area contributed by atoms with Gasteiger partial charge in [0.15, 0.2) is 11.5 Å². The zero-order chi connectivity index (χ0) is 14.8. The van der Waals surface area contributed by atoms with E-state index in [1.54, 1.807) is 6.07 Å². The lowest BCUT2D eigenvalue weighted by Crippen LogP contribution is -1.99. The van der Waals surface area contributed by atoms with Crippen LogP contribution in [0, 0.1) is 3.57 Å². The summed E-state index contributed by atoms with van der Waals surface area (Å²) in [6.45, 7) is 1.29. The van der Waals surface area contributed by atoms with Gasteiger partial charge in [0.05, 0.1) is 18.6 Å². The van der Waals surface area contributed by atoms with Crippen molar-refractivity contribution < 1.29 is 9.47 Å². The molecule has 0 fully saturated rings. The van der Waals surface area contributed by atoms with Crippen LogP contribution < -0.4 is 9.47 Å². The molecule has 2 nitrogen and oxygen atoms in total. The van der Waals surface area contributed by atoms with Gasteiger partial charge in [0.25, 0.3) is 0 Å². The summed E-state index contributed by atoms with van der Waals surface area (Å²) in [4.78, 5) is 0. The highest BCUT2D eigenvalue weighted by atomic mass is 127. The molecule has 0 spiro atoms. The van der Waals surface area contributed by atoms with Crippen LogP contribution >= 0.6 is 45.8 Å². The van der Waals surface area contributed by atoms with Crippen LogP contribution in [0.5, 0.6) is 11.5 Å². The lowest BCUT2D eigenvalue weighted by atomic mass is 10.0. The normalized spacial score (nSPS) is 15.4. The van der Waals surface area contributed by atoms with E-state index >= 15 is 0 Å². The van der Waals surface area contributed by atoms with Crippen LogP contribution in [-0.2, 0) is 0 Å². The van der Waals surface area contributed by atoms with E-state index in [0.717, 1.165) is 21.1 Å². The predicted molar refractivity (Wildman–Crippen MR) is 93.9 cm³/mol. The number of rotatable bonds is 2. The highest BCUT2D eigenvalue weighted by molar-refractivity contribution is 14.1.